The zero-order chi connectivity index (χ0) is 20.6. The zero-order valence-corrected chi connectivity index (χ0v) is 17.9. The summed E-state index contributed by atoms with van der Waals surface area (Å²) in [7, 11) is 0. The van der Waals surface area contributed by atoms with Crippen molar-refractivity contribution < 1.29 is 0 Å². The van der Waals surface area contributed by atoms with E-state index in [1.54, 1.807) is 4.57 Å². The molecule has 1 atom stereocenters. The fourth-order valence-electron chi connectivity index (χ4n) is 3.76. The summed E-state index contributed by atoms with van der Waals surface area (Å²) in [5.41, 5.74) is 2.91. The lowest BCUT2D eigenvalue weighted by Gasteiger charge is -2.22. The van der Waals surface area contributed by atoms with Gasteiger partial charge in [-0.3, -0.25) is 9.36 Å². The Balaban J connectivity index is 2.04. The van der Waals surface area contributed by atoms with E-state index < -0.39 is 0 Å². The molecule has 0 saturated carbocycles. The first kappa shape index (κ1) is 21.3. The summed E-state index contributed by atoms with van der Waals surface area (Å²) in [6.45, 7) is 7.45. The van der Waals surface area contributed by atoms with Crippen molar-refractivity contribution >= 4 is 10.9 Å². The number of hydrogen-bond donors (Lipinski definition) is 1. The molecule has 0 amide bonds. The smallest absolute Gasteiger partial charge is 0.266 e. The Morgan fingerprint density at radius 1 is 0.966 bits per heavy atom. The van der Waals surface area contributed by atoms with Crippen molar-refractivity contribution in [2.24, 2.45) is 0 Å². The summed E-state index contributed by atoms with van der Waals surface area (Å²) < 4.78 is 1.80. The van der Waals surface area contributed by atoms with Crippen LogP contribution < -0.4 is 10.9 Å². The van der Waals surface area contributed by atoms with E-state index in [0.29, 0.717) is 5.39 Å². The minimum absolute atomic E-state index is 0.00100. The van der Waals surface area contributed by atoms with Gasteiger partial charge in [-0.15, -0.1) is 0 Å². The molecule has 1 aromatic heterocycles. The molecule has 0 saturated heterocycles. The number of hydrogen-bond acceptors (Lipinski definition) is 3. The van der Waals surface area contributed by atoms with Gasteiger partial charge in [0.15, 0.2) is 0 Å². The summed E-state index contributed by atoms with van der Waals surface area (Å²) in [6.07, 6.45) is 6.74. The highest BCUT2D eigenvalue weighted by Crippen LogP contribution is 2.21. The van der Waals surface area contributed by atoms with Crippen LogP contribution in [0.15, 0.2) is 53.3 Å². The van der Waals surface area contributed by atoms with Crippen molar-refractivity contribution in [2.75, 3.05) is 6.54 Å². The van der Waals surface area contributed by atoms with Crippen LogP contribution in [-0.2, 0) is 6.42 Å². The molecule has 0 bridgehead atoms. The van der Waals surface area contributed by atoms with E-state index in [2.05, 4.69) is 38.2 Å². The van der Waals surface area contributed by atoms with Gasteiger partial charge in [-0.2, -0.15) is 0 Å². The van der Waals surface area contributed by atoms with E-state index in [9.17, 15) is 4.79 Å². The number of aryl methyl sites for hydroxylation is 1. The minimum atomic E-state index is 0.00100. The van der Waals surface area contributed by atoms with Gasteiger partial charge in [0.25, 0.3) is 5.56 Å². The van der Waals surface area contributed by atoms with Crippen LogP contribution in [0.4, 0.5) is 0 Å². The van der Waals surface area contributed by atoms with Crippen molar-refractivity contribution in [1.29, 1.82) is 0 Å². The van der Waals surface area contributed by atoms with Gasteiger partial charge in [0.2, 0.25) is 0 Å². The molecule has 3 aromatic rings. The van der Waals surface area contributed by atoms with E-state index in [0.717, 1.165) is 42.8 Å². The molecule has 0 aliphatic heterocycles. The first-order valence-corrected chi connectivity index (χ1v) is 11.0. The van der Waals surface area contributed by atoms with Gasteiger partial charge in [0.05, 0.1) is 22.6 Å². The lowest BCUT2D eigenvalue weighted by molar-refractivity contribution is 0.469. The van der Waals surface area contributed by atoms with E-state index in [1.807, 2.05) is 36.4 Å². The lowest BCUT2D eigenvalue weighted by atomic mass is 10.1. The first-order chi connectivity index (χ1) is 14.2. The number of nitrogens with one attached hydrogen (secondary N) is 1. The highest BCUT2D eigenvalue weighted by atomic mass is 16.1. The molecule has 0 aliphatic rings. The quantitative estimate of drug-likeness (QED) is 0.460. The van der Waals surface area contributed by atoms with Crippen LogP contribution in [0.25, 0.3) is 16.6 Å². The number of rotatable bonds is 10. The number of nitrogens with zero attached hydrogens (tertiary/aromatic N) is 2. The fourth-order valence-corrected chi connectivity index (χ4v) is 3.76. The number of benzene rings is 2. The first-order valence-electron chi connectivity index (χ1n) is 11.0. The number of unbranched alkanes of at least 4 members (excludes halogenated alkanes) is 3. The molecule has 0 fully saturated rings. The van der Waals surface area contributed by atoms with Crippen molar-refractivity contribution in [2.45, 2.75) is 65.3 Å². The molecule has 0 spiro atoms. The van der Waals surface area contributed by atoms with Gasteiger partial charge in [0.1, 0.15) is 5.82 Å². The Kier molecular flexibility index (Phi) is 7.59. The normalized spacial score (nSPS) is 12.4. The summed E-state index contributed by atoms with van der Waals surface area (Å²) in [6, 6.07) is 15.9. The molecule has 2 aromatic carbocycles. The molecular formula is C25H33N3O. The molecule has 29 heavy (non-hydrogen) atoms. The van der Waals surface area contributed by atoms with E-state index in [4.69, 9.17) is 4.98 Å². The number of fused-ring (bicyclic) bond motifs is 1. The molecule has 1 N–H and O–H groups in total. The predicted molar refractivity (Wildman–Crippen MR) is 122 cm³/mol. The van der Waals surface area contributed by atoms with Gasteiger partial charge >= 0.3 is 0 Å². The van der Waals surface area contributed by atoms with E-state index in [-0.39, 0.29) is 11.6 Å². The molecule has 1 heterocycles. The van der Waals surface area contributed by atoms with Gasteiger partial charge in [0, 0.05) is 0 Å². The third kappa shape index (κ3) is 4.94. The van der Waals surface area contributed by atoms with Crippen LogP contribution in [0.3, 0.4) is 0 Å². The second-order valence-corrected chi connectivity index (χ2v) is 7.62. The summed E-state index contributed by atoms with van der Waals surface area (Å²) in [5.74, 6) is 0.802. The Morgan fingerprint density at radius 2 is 1.72 bits per heavy atom. The van der Waals surface area contributed by atoms with Crippen LogP contribution >= 0.6 is 0 Å². The number of para-hydroxylation sites is 1. The molecule has 4 heteroatoms. The van der Waals surface area contributed by atoms with Crippen LogP contribution in [0.5, 0.6) is 0 Å². The molecule has 3 rings (SSSR count). The van der Waals surface area contributed by atoms with Crippen LogP contribution in [0.2, 0.25) is 0 Å². The third-order valence-corrected chi connectivity index (χ3v) is 5.55. The predicted octanol–water partition coefficient (Wildman–Crippen LogP) is 5.57. The van der Waals surface area contributed by atoms with Gasteiger partial charge < -0.3 is 5.32 Å². The Bertz CT molecular complexity index is 976. The average molecular weight is 392 g/mol. The second-order valence-electron chi connectivity index (χ2n) is 7.62. The van der Waals surface area contributed by atoms with Crippen molar-refractivity contribution in [1.82, 2.24) is 14.9 Å². The van der Waals surface area contributed by atoms with Crippen LogP contribution in [0.1, 0.15) is 70.3 Å². The monoisotopic (exact) mass is 391 g/mol. The molecule has 0 unspecified atom stereocenters. The number of aromatic nitrogens is 2. The molecular weight excluding hydrogens is 358 g/mol. The molecule has 154 valence electrons. The zero-order valence-electron chi connectivity index (χ0n) is 17.9. The van der Waals surface area contributed by atoms with Crippen LogP contribution in [-0.4, -0.2) is 16.1 Å². The average Bonchev–Trinajstić information content (AvgIpc) is 2.76. The van der Waals surface area contributed by atoms with E-state index >= 15 is 0 Å². The fraction of sp³-hybridized carbons (Fsp3) is 0.440. The maximum absolute atomic E-state index is 13.4. The second kappa shape index (κ2) is 10.4. The van der Waals surface area contributed by atoms with E-state index in [1.165, 1.54) is 24.8 Å². The van der Waals surface area contributed by atoms with Gasteiger partial charge in [-0.25, -0.2) is 4.98 Å². The Labute approximate surface area is 174 Å². The molecule has 4 nitrogen and oxygen atoms in total. The van der Waals surface area contributed by atoms with Gasteiger partial charge in [-0.1, -0.05) is 64.3 Å². The Hall–Kier alpha value is -2.46. The molecule has 0 aliphatic carbocycles. The lowest BCUT2D eigenvalue weighted by Crippen LogP contribution is -2.31. The van der Waals surface area contributed by atoms with Crippen molar-refractivity contribution in [3.8, 4) is 5.69 Å². The highest BCUT2D eigenvalue weighted by molar-refractivity contribution is 5.77. The van der Waals surface area contributed by atoms with Gasteiger partial charge in [-0.05, 0) is 55.6 Å². The summed E-state index contributed by atoms with van der Waals surface area (Å²) in [5, 5.41) is 4.31. The highest BCUT2D eigenvalue weighted by Gasteiger charge is 2.19. The summed E-state index contributed by atoms with van der Waals surface area (Å²) >= 11 is 0. The summed E-state index contributed by atoms with van der Waals surface area (Å²) in [4.78, 5) is 18.4. The molecule has 0 radical (unpaired) electrons. The maximum atomic E-state index is 13.4. The van der Waals surface area contributed by atoms with Crippen LogP contribution in [0, 0.1) is 0 Å². The third-order valence-electron chi connectivity index (χ3n) is 5.55. The van der Waals surface area contributed by atoms with Crippen molar-refractivity contribution in [3.63, 3.8) is 0 Å². The minimum Gasteiger partial charge on any atom is -0.307 e. The maximum Gasteiger partial charge on any atom is 0.266 e. The topological polar surface area (TPSA) is 46.9 Å². The Morgan fingerprint density at radius 3 is 2.41 bits per heavy atom. The van der Waals surface area contributed by atoms with Crippen molar-refractivity contribution in [3.05, 3.63) is 70.3 Å². The largest absolute Gasteiger partial charge is 0.307 e. The standard InChI is InChI=1S/C25H33N3O/c1-4-7-8-11-18-26-22(6-3)24-27-23-13-10-9-12-21(23)25(29)28(24)20-16-14-19(5-2)15-17-20/h9-10,12-17,22,26H,4-8,11,18H2,1-3H3/t22-/m1/s1. The SMILES string of the molecule is CCCCCCN[C@H](CC)c1nc2ccccc2c(=O)n1-c1ccc(CC)cc1.